The molecule has 0 aromatic heterocycles. The van der Waals surface area contributed by atoms with Crippen LogP contribution in [0.3, 0.4) is 0 Å². The van der Waals surface area contributed by atoms with Gasteiger partial charge in [-0.2, -0.15) is 0 Å². The first-order valence-electron chi connectivity index (χ1n) is 8.86. The van der Waals surface area contributed by atoms with Crippen LogP contribution in [0, 0.1) is 17.8 Å². The van der Waals surface area contributed by atoms with E-state index in [0.29, 0.717) is 5.54 Å². The molecule has 4 saturated carbocycles. The van der Waals surface area contributed by atoms with Crippen LogP contribution in [-0.2, 0) is 0 Å². The van der Waals surface area contributed by atoms with Crippen LogP contribution >= 0.6 is 0 Å². The third-order valence-corrected chi connectivity index (χ3v) is 6.42. The van der Waals surface area contributed by atoms with Gasteiger partial charge in [-0.3, -0.25) is 0 Å². The van der Waals surface area contributed by atoms with Gasteiger partial charge in [-0.1, -0.05) is 0 Å². The van der Waals surface area contributed by atoms with Crippen molar-refractivity contribution in [1.29, 1.82) is 0 Å². The molecule has 0 amide bonds. The van der Waals surface area contributed by atoms with E-state index in [1.54, 1.807) is 0 Å². The van der Waals surface area contributed by atoms with E-state index in [2.05, 4.69) is 10.2 Å². The number of nitrogens with zero attached hydrogens (tertiary/aromatic N) is 1. The second-order valence-electron chi connectivity index (χ2n) is 8.24. The van der Waals surface area contributed by atoms with Crippen LogP contribution in [0.1, 0.15) is 51.4 Å². The standard InChI is InChI=1S/C17H30N2O/c20-16(12-19-3-1-2-4-19)11-18-17-8-13-5-14(9-17)7-15(6-13)10-17/h13-16,18,20H,1-12H2. The lowest BCUT2D eigenvalue weighted by atomic mass is 9.53. The van der Waals surface area contributed by atoms with Crippen molar-refractivity contribution in [3.05, 3.63) is 0 Å². The number of aliphatic hydroxyl groups excluding tert-OH is 1. The monoisotopic (exact) mass is 278 g/mol. The van der Waals surface area contributed by atoms with Crippen molar-refractivity contribution in [3.8, 4) is 0 Å². The van der Waals surface area contributed by atoms with E-state index in [-0.39, 0.29) is 6.10 Å². The van der Waals surface area contributed by atoms with E-state index < -0.39 is 0 Å². The summed E-state index contributed by atoms with van der Waals surface area (Å²) in [4.78, 5) is 2.42. The lowest BCUT2D eigenvalue weighted by molar-refractivity contribution is -0.0258. The summed E-state index contributed by atoms with van der Waals surface area (Å²) < 4.78 is 0. The molecule has 0 aromatic carbocycles. The van der Waals surface area contributed by atoms with Crippen molar-refractivity contribution in [2.75, 3.05) is 26.2 Å². The van der Waals surface area contributed by atoms with E-state index in [4.69, 9.17) is 0 Å². The summed E-state index contributed by atoms with van der Waals surface area (Å²) in [5.74, 6) is 2.97. The van der Waals surface area contributed by atoms with Gasteiger partial charge in [0, 0.05) is 18.6 Å². The molecule has 4 aliphatic carbocycles. The number of rotatable bonds is 5. The first-order chi connectivity index (χ1) is 9.71. The molecule has 5 fully saturated rings. The van der Waals surface area contributed by atoms with Gasteiger partial charge >= 0.3 is 0 Å². The van der Waals surface area contributed by atoms with Gasteiger partial charge in [0.05, 0.1) is 6.10 Å². The largest absolute Gasteiger partial charge is 0.390 e. The average molecular weight is 278 g/mol. The molecule has 2 N–H and O–H groups in total. The zero-order valence-electron chi connectivity index (χ0n) is 12.7. The zero-order chi connectivity index (χ0) is 13.6. The number of hydrogen-bond donors (Lipinski definition) is 2. The van der Waals surface area contributed by atoms with Gasteiger partial charge in [-0.05, 0) is 82.2 Å². The molecule has 1 heterocycles. The van der Waals surface area contributed by atoms with Gasteiger partial charge in [-0.25, -0.2) is 0 Å². The number of likely N-dealkylation sites (tertiary alicyclic amines) is 1. The summed E-state index contributed by atoms with van der Waals surface area (Å²) in [7, 11) is 0. The fourth-order valence-electron chi connectivity index (χ4n) is 5.99. The Bertz CT molecular complexity index is 316. The van der Waals surface area contributed by atoms with Gasteiger partial charge < -0.3 is 15.3 Å². The number of nitrogens with one attached hydrogen (secondary N) is 1. The van der Waals surface area contributed by atoms with E-state index in [1.807, 2.05) is 0 Å². The van der Waals surface area contributed by atoms with Crippen LogP contribution in [0.2, 0.25) is 0 Å². The van der Waals surface area contributed by atoms with E-state index in [1.165, 1.54) is 64.5 Å². The Kier molecular flexibility index (Phi) is 3.56. The van der Waals surface area contributed by atoms with Crippen molar-refractivity contribution in [2.45, 2.75) is 63.0 Å². The molecule has 0 aromatic rings. The highest BCUT2D eigenvalue weighted by molar-refractivity contribution is 5.06. The minimum atomic E-state index is -0.180. The summed E-state index contributed by atoms with van der Waals surface area (Å²) in [6, 6.07) is 0. The van der Waals surface area contributed by atoms with Crippen LogP contribution in [-0.4, -0.2) is 47.8 Å². The Morgan fingerprint density at radius 2 is 1.55 bits per heavy atom. The van der Waals surface area contributed by atoms with E-state index in [9.17, 15) is 5.11 Å². The van der Waals surface area contributed by atoms with Gasteiger partial charge in [0.25, 0.3) is 0 Å². The summed E-state index contributed by atoms with van der Waals surface area (Å²) in [6.45, 7) is 4.06. The second-order valence-corrected chi connectivity index (χ2v) is 8.24. The highest BCUT2D eigenvalue weighted by atomic mass is 16.3. The minimum absolute atomic E-state index is 0.180. The molecule has 5 rings (SSSR count). The Morgan fingerprint density at radius 3 is 2.10 bits per heavy atom. The molecule has 20 heavy (non-hydrogen) atoms. The van der Waals surface area contributed by atoms with Crippen molar-refractivity contribution in [1.82, 2.24) is 10.2 Å². The maximum absolute atomic E-state index is 10.3. The average Bonchev–Trinajstić information content (AvgIpc) is 2.88. The first-order valence-corrected chi connectivity index (χ1v) is 8.86. The highest BCUT2D eigenvalue weighted by Gasteiger charge is 2.50. The smallest absolute Gasteiger partial charge is 0.0791 e. The van der Waals surface area contributed by atoms with Crippen LogP contribution in [0.15, 0.2) is 0 Å². The lowest BCUT2D eigenvalue weighted by Gasteiger charge is -2.57. The molecule has 0 radical (unpaired) electrons. The van der Waals surface area contributed by atoms with Crippen LogP contribution in [0.4, 0.5) is 0 Å². The van der Waals surface area contributed by atoms with E-state index >= 15 is 0 Å². The van der Waals surface area contributed by atoms with Crippen molar-refractivity contribution in [3.63, 3.8) is 0 Å². The normalized spacial score (nSPS) is 45.1. The predicted molar refractivity (Wildman–Crippen MR) is 80.6 cm³/mol. The van der Waals surface area contributed by atoms with Crippen LogP contribution < -0.4 is 5.32 Å². The van der Waals surface area contributed by atoms with Gasteiger partial charge in [-0.15, -0.1) is 0 Å². The number of aliphatic hydroxyl groups is 1. The number of hydrogen-bond acceptors (Lipinski definition) is 3. The molecule has 3 heteroatoms. The molecule has 1 atom stereocenters. The maximum Gasteiger partial charge on any atom is 0.0791 e. The molecule has 1 saturated heterocycles. The van der Waals surface area contributed by atoms with Gasteiger partial charge in [0.1, 0.15) is 0 Å². The third-order valence-electron chi connectivity index (χ3n) is 6.42. The molecule has 5 aliphatic rings. The van der Waals surface area contributed by atoms with Crippen LogP contribution in [0.25, 0.3) is 0 Å². The fourth-order valence-corrected chi connectivity index (χ4v) is 5.99. The Balaban J connectivity index is 1.30. The maximum atomic E-state index is 10.3. The molecule has 114 valence electrons. The molecule has 0 spiro atoms. The van der Waals surface area contributed by atoms with Gasteiger partial charge in [0.2, 0.25) is 0 Å². The highest BCUT2D eigenvalue weighted by Crippen LogP contribution is 2.55. The summed E-state index contributed by atoms with van der Waals surface area (Å²) in [5, 5.41) is 14.1. The van der Waals surface area contributed by atoms with Crippen molar-refractivity contribution < 1.29 is 5.11 Å². The van der Waals surface area contributed by atoms with Crippen LogP contribution in [0.5, 0.6) is 0 Å². The Hall–Kier alpha value is -0.120. The minimum Gasteiger partial charge on any atom is -0.390 e. The molecular weight excluding hydrogens is 248 g/mol. The third kappa shape index (κ3) is 2.65. The summed E-state index contributed by atoms with van der Waals surface area (Å²) in [6.07, 6.45) is 11.1. The molecule has 1 unspecified atom stereocenters. The second kappa shape index (κ2) is 5.26. The quantitative estimate of drug-likeness (QED) is 0.807. The SMILES string of the molecule is OC(CNC12CC3CC(CC(C3)C1)C2)CN1CCCC1. The Morgan fingerprint density at radius 1 is 1.00 bits per heavy atom. The Labute approximate surface area is 123 Å². The fraction of sp³-hybridized carbons (Fsp3) is 1.00. The van der Waals surface area contributed by atoms with Gasteiger partial charge in [0.15, 0.2) is 0 Å². The molecular formula is C17H30N2O. The summed E-state index contributed by atoms with van der Waals surface area (Å²) in [5.41, 5.74) is 0.404. The molecule has 1 aliphatic heterocycles. The van der Waals surface area contributed by atoms with Crippen molar-refractivity contribution >= 4 is 0 Å². The summed E-state index contributed by atoms with van der Waals surface area (Å²) >= 11 is 0. The number of β-amino-alcohol motifs (C(OH)–C–C–N with tert-alkyl or cyclic N) is 1. The zero-order valence-corrected chi connectivity index (χ0v) is 12.7. The molecule has 4 bridgehead atoms. The lowest BCUT2D eigenvalue weighted by Crippen LogP contribution is -2.60. The van der Waals surface area contributed by atoms with Crippen molar-refractivity contribution in [2.24, 2.45) is 17.8 Å². The first kappa shape index (κ1) is 13.5. The van der Waals surface area contributed by atoms with E-state index in [0.717, 1.165) is 30.8 Å². The topological polar surface area (TPSA) is 35.5 Å². The molecule has 3 nitrogen and oxygen atoms in total. The predicted octanol–water partition coefficient (Wildman–Crippen LogP) is 2.00.